The van der Waals surface area contributed by atoms with Gasteiger partial charge >= 0.3 is 0 Å². The summed E-state index contributed by atoms with van der Waals surface area (Å²) in [6, 6.07) is 43.2. The molecule has 1 aliphatic heterocycles. The van der Waals surface area contributed by atoms with E-state index in [0.717, 1.165) is 0 Å². The number of hydrogen-bond acceptors (Lipinski definition) is 1. The van der Waals surface area contributed by atoms with Crippen molar-refractivity contribution in [1.29, 1.82) is 0 Å². The quantitative estimate of drug-likeness (QED) is 0.460. The van der Waals surface area contributed by atoms with E-state index in [1.54, 1.807) is 0 Å². The van der Waals surface area contributed by atoms with Gasteiger partial charge in [0.2, 0.25) is 0 Å². The van der Waals surface area contributed by atoms with Crippen molar-refractivity contribution >= 4 is 0 Å². The van der Waals surface area contributed by atoms with Gasteiger partial charge in [-0.05, 0) is 28.5 Å². The maximum absolute atomic E-state index is 3.81. The van der Waals surface area contributed by atoms with E-state index in [9.17, 15) is 0 Å². The van der Waals surface area contributed by atoms with E-state index >= 15 is 0 Å². The van der Waals surface area contributed by atoms with Crippen LogP contribution in [0.25, 0.3) is 0 Å². The molecule has 0 saturated heterocycles. The minimum atomic E-state index is -0.460. The largest absolute Gasteiger partial charge is 0.377 e. The highest BCUT2D eigenvalue weighted by molar-refractivity contribution is 5.60. The lowest BCUT2D eigenvalue weighted by molar-refractivity contribution is 0.357. The third-order valence-electron chi connectivity index (χ3n) is 6.10. The highest BCUT2D eigenvalue weighted by Gasteiger charge is 2.56. The Bertz CT molecular complexity index is 1020. The average Bonchev–Trinajstić information content (AvgIpc) is 3.24. The van der Waals surface area contributed by atoms with Crippen LogP contribution in [0.4, 0.5) is 0 Å². The van der Waals surface area contributed by atoms with Gasteiger partial charge in [-0.3, -0.25) is 0 Å². The number of benzene rings is 4. The molecule has 0 unspecified atom stereocenters. The van der Waals surface area contributed by atoms with E-state index in [1.807, 2.05) is 0 Å². The first-order valence-corrected chi connectivity index (χ1v) is 10.1. The second-order valence-electron chi connectivity index (χ2n) is 7.50. The summed E-state index contributed by atoms with van der Waals surface area (Å²) in [5.74, 6) is 0. The van der Waals surface area contributed by atoms with Gasteiger partial charge in [-0.15, -0.1) is 0 Å². The maximum atomic E-state index is 3.81. The molecule has 0 spiro atoms. The normalized spacial score (nSPS) is 16.3. The summed E-state index contributed by atoms with van der Waals surface area (Å²) in [4.78, 5) is 0. The van der Waals surface area contributed by atoms with Crippen LogP contribution in [0, 0.1) is 0 Å². The van der Waals surface area contributed by atoms with Crippen molar-refractivity contribution in [3.63, 3.8) is 0 Å². The van der Waals surface area contributed by atoms with Crippen molar-refractivity contribution in [1.82, 2.24) is 5.32 Å². The van der Waals surface area contributed by atoms with Crippen LogP contribution in [0.3, 0.4) is 0 Å². The molecule has 4 aromatic carbocycles. The topological polar surface area (TPSA) is 12.0 Å². The molecular weight excluding hydrogens is 350 g/mol. The molecule has 1 aliphatic rings. The molecule has 1 N–H and O–H groups in total. The summed E-state index contributed by atoms with van der Waals surface area (Å²) >= 11 is 0. The van der Waals surface area contributed by atoms with E-state index in [-0.39, 0.29) is 0 Å². The van der Waals surface area contributed by atoms with E-state index in [2.05, 4.69) is 139 Å². The second-order valence-corrected chi connectivity index (χ2v) is 7.50. The van der Waals surface area contributed by atoms with Gasteiger partial charge in [0.25, 0.3) is 0 Å². The number of rotatable bonds is 4. The monoisotopic (exact) mass is 373 g/mol. The average molecular weight is 373 g/mol. The Kier molecular flexibility index (Phi) is 4.29. The van der Waals surface area contributed by atoms with Crippen LogP contribution < -0.4 is 5.32 Å². The summed E-state index contributed by atoms with van der Waals surface area (Å²) in [5.41, 5.74) is 4.16. The van der Waals surface area contributed by atoms with Crippen LogP contribution in [0.2, 0.25) is 0 Å². The first-order valence-electron chi connectivity index (χ1n) is 10.1. The van der Waals surface area contributed by atoms with Gasteiger partial charge in [-0.1, -0.05) is 127 Å². The molecule has 4 aromatic rings. The van der Waals surface area contributed by atoms with E-state index in [0.29, 0.717) is 0 Å². The highest BCUT2D eigenvalue weighted by atomic mass is 15.0. The minimum Gasteiger partial charge on any atom is -0.377 e. The fourth-order valence-electron chi connectivity index (χ4n) is 4.89. The second kappa shape index (κ2) is 7.10. The zero-order valence-corrected chi connectivity index (χ0v) is 16.2. The van der Waals surface area contributed by atoms with E-state index in [4.69, 9.17) is 0 Å². The molecule has 0 amide bonds. The number of nitrogens with one attached hydrogen (secondary N) is 1. The Morgan fingerprint density at radius 2 is 0.759 bits per heavy atom. The molecule has 0 fully saturated rings. The zero-order valence-electron chi connectivity index (χ0n) is 16.2. The predicted molar refractivity (Wildman–Crippen MR) is 120 cm³/mol. The lowest BCUT2D eigenvalue weighted by Gasteiger charge is -2.47. The fourth-order valence-corrected chi connectivity index (χ4v) is 4.89. The van der Waals surface area contributed by atoms with Crippen LogP contribution >= 0.6 is 0 Å². The summed E-state index contributed by atoms with van der Waals surface area (Å²) in [6.45, 7) is 0. The molecule has 29 heavy (non-hydrogen) atoms. The summed E-state index contributed by atoms with van der Waals surface area (Å²) < 4.78 is 0. The highest BCUT2D eigenvalue weighted by Crippen LogP contribution is 2.54. The van der Waals surface area contributed by atoms with Crippen LogP contribution in [-0.4, -0.2) is 0 Å². The van der Waals surface area contributed by atoms with Gasteiger partial charge in [-0.2, -0.15) is 0 Å². The minimum absolute atomic E-state index is 0.391. The van der Waals surface area contributed by atoms with Crippen molar-refractivity contribution in [3.8, 4) is 0 Å². The van der Waals surface area contributed by atoms with Gasteiger partial charge in [-0.25, -0.2) is 0 Å². The molecule has 0 aliphatic carbocycles. The Balaban J connectivity index is 1.91. The molecule has 140 valence electrons. The molecule has 0 radical (unpaired) electrons. The van der Waals surface area contributed by atoms with Crippen molar-refractivity contribution < 1.29 is 0 Å². The smallest absolute Gasteiger partial charge is 0.105 e. The number of hydrogen-bond donors (Lipinski definition) is 1. The van der Waals surface area contributed by atoms with Crippen LogP contribution in [0.15, 0.2) is 134 Å². The summed E-state index contributed by atoms with van der Waals surface area (Å²) in [7, 11) is 0. The molecule has 1 heteroatoms. The van der Waals surface area contributed by atoms with Crippen LogP contribution in [-0.2, 0) is 11.0 Å². The van der Waals surface area contributed by atoms with Gasteiger partial charge in [0.05, 0.1) is 5.41 Å². The van der Waals surface area contributed by atoms with Crippen molar-refractivity contribution in [3.05, 3.63) is 156 Å². The Labute approximate surface area is 172 Å². The third-order valence-corrected chi connectivity index (χ3v) is 6.10. The molecule has 0 aromatic heterocycles. The molecule has 1 nitrogen and oxygen atoms in total. The summed E-state index contributed by atoms with van der Waals surface area (Å²) in [5, 5.41) is 3.81. The van der Waals surface area contributed by atoms with Crippen LogP contribution in [0.1, 0.15) is 22.3 Å². The Morgan fingerprint density at radius 1 is 0.414 bits per heavy atom. The molecule has 0 saturated carbocycles. The van der Waals surface area contributed by atoms with Crippen molar-refractivity contribution in [2.24, 2.45) is 0 Å². The standard InChI is InChI=1S/C28H23N/c1-5-13-23(14-6-1)27(24-15-7-2-8-16-24)21-22-29-28(27,25-17-9-3-10-18-25)26-19-11-4-12-20-26/h1-22,29H. The SMILES string of the molecule is C1=CC(c2ccccc2)(c2ccccc2)C(c2ccccc2)(c2ccccc2)N1. The molecule has 1 heterocycles. The van der Waals surface area contributed by atoms with Gasteiger partial charge in [0, 0.05) is 0 Å². The van der Waals surface area contributed by atoms with Crippen LogP contribution in [0.5, 0.6) is 0 Å². The van der Waals surface area contributed by atoms with Crippen molar-refractivity contribution in [2.45, 2.75) is 11.0 Å². The van der Waals surface area contributed by atoms with E-state index < -0.39 is 11.0 Å². The molecule has 5 rings (SSSR count). The zero-order chi connectivity index (χ0) is 19.6. The maximum Gasteiger partial charge on any atom is 0.105 e. The Hall–Kier alpha value is -3.58. The predicted octanol–water partition coefficient (Wildman–Crippen LogP) is 6.03. The molecular formula is C28H23N. The third kappa shape index (κ3) is 2.55. The van der Waals surface area contributed by atoms with E-state index in [1.165, 1.54) is 22.3 Å². The van der Waals surface area contributed by atoms with Gasteiger partial charge in [0.15, 0.2) is 0 Å². The van der Waals surface area contributed by atoms with Gasteiger partial charge < -0.3 is 5.32 Å². The summed E-state index contributed by atoms with van der Waals surface area (Å²) in [6.07, 6.45) is 4.46. The lowest BCUT2D eigenvalue weighted by Crippen LogP contribution is -2.53. The molecule has 0 bridgehead atoms. The first kappa shape index (κ1) is 17.5. The first-order chi connectivity index (χ1) is 14.4. The van der Waals surface area contributed by atoms with Gasteiger partial charge in [0.1, 0.15) is 5.54 Å². The molecule has 0 atom stereocenters. The fraction of sp³-hybridized carbons (Fsp3) is 0.0714. The Morgan fingerprint density at radius 3 is 1.14 bits per heavy atom. The van der Waals surface area contributed by atoms with Crippen molar-refractivity contribution in [2.75, 3.05) is 0 Å². The lowest BCUT2D eigenvalue weighted by atomic mass is 9.58.